The minimum Gasteiger partial charge on any atom is -0.468 e. The SMILES string of the molecule is COC(=O)C(C)N[P+](O)(O)OCC(CCn1ccc(=O)[nH]c1=O)OC. The number of nitrogens with one attached hydrogen (secondary N) is 2. The Kier molecular flexibility index (Phi) is 8.36. The average molecular weight is 380 g/mol. The number of H-pyrrole nitrogens is 1. The Morgan fingerprint density at radius 1 is 1.40 bits per heavy atom. The lowest BCUT2D eigenvalue weighted by atomic mass is 10.2. The van der Waals surface area contributed by atoms with Gasteiger partial charge in [0.25, 0.3) is 5.56 Å². The molecule has 0 aromatic carbocycles. The van der Waals surface area contributed by atoms with Crippen molar-refractivity contribution in [2.75, 3.05) is 20.8 Å². The maximum absolute atomic E-state index is 11.6. The van der Waals surface area contributed by atoms with Crippen LogP contribution >= 0.6 is 8.09 Å². The molecule has 11 nitrogen and oxygen atoms in total. The first-order chi connectivity index (χ1) is 11.7. The van der Waals surface area contributed by atoms with Crippen LogP contribution in [0.25, 0.3) is 0 Å². The number of esters is 1. The number of hydrogen-bond acceptors (Lipinski definition) is 9. The van der Waals surface area contributed by atoms with Crippen LogP contribution in [0.1, 0.15) is 13.3 Å². The fourth-order valence-electron chi connectivity index (χ4n) is 1.88. The first-order valence-corrected chi connectivity index (χ1v) is 8.97. The lowest BCUT2D eigenvalue weighted by molar-refractivity contribution is -0.142. The van der Waals surface area contributed by atoms with E-state index in [2.05, 4.69) is 14.8 Å². The van der Waals surface area contributed by atoms with E-state index in [4.69, 9.17) is 9.26 Å². The molecule has 2 unspecified atom stereocenters. The van der Waals surface area contributed by atoms with E-state index in [0.29, 0.717) is 6.42 Å². The van der Waals surface area contributed by atoms with Gasteiger partial charge in [0, 0.05) is 25.9 Å². The number of ether oxygens (including phenoxy) is 2. The zero-order chi connectivity index (χ0) is 19.0. The molecule has 0 fully saturated rings. The van der Waals surface area contributed by atoms with E-state index in [-0.39, 0.29) is 13.2 Å². The molecule has 0 amide bonds. The van der Waals surface area contributed by atoms with Crippen LogP contribution in [0, 0.1) is 0 Å². The number of hydrogen-bond donors (Lipinski definition) is 4. The quantitative estimate of drug-likeness (QED) is 0.289. The minimum absolute atomic E-state index is 0.184. The number of carbonyl (C=O) groups is 1. The summed E-state index contributed by atoms with van der Waals surface area (Å²) in [6, 6.07) is 0.254. The van der Waals surface area contributed by atoms with Gasteiger partial charge in [0.15, 0.2) is 0 Å². The van der Waals surface area contributed by atoms with E-state index in [1.165, 1.54) is 38.0 Å². The largest absolute Gasteiger partial charge is 0.497 e. The lowest BCUT2D eigenvalue weighted by Gasteiger charge is -2.19. The summed E-state index contributed by atoms with van der Waals surface area (Å²) in [5.41, 5.74) is -1.04. The van der Waals surface area contributed by atoms with Gasteiger partial charge in [0.1, 0.15) is 12.6 Å². The molecular formula is C13H23N3O8P+. The van der Waals surface area contributed by atoms with Crippen molar-refractivity contribution >= 4 is 14.1 Å². The molecule has 0 aliphatic carbocycles. The Labute approximate surface area is 144 Å². The molecule has 1 aromatic rings. The zero-order valence-electron chi connectivity index (χ0n) is 14.2. The molecule has 0 radical (unpaired) electrons. The number of aromatic amines is 1. The standard InChI is InChI=1S/C13H22N3O8P/c1-9(12(18)23-3)15-25(20,21)24-8-10(22-2)4-6-16-7-5-11(17)14-13(16)19/h5,7,9-10,15,20-21H,4,6,8H2,1-3H3/p+1. The summed E-state index contributed by atoms with van der Waals surface area (Å²) in [4.78, 5) is 55.6. The number of methoxy groups -OCH3 is 2. The van der Waals surface area contributed by atoms with E-state index >= 15 is 0 Å². The van der Waals surface area contributed by atoms with Crippen LogP contribution in [0.4, 0.5) is 0 Å². The van der Waals surface area contributed by atoms with Crippen LogP contribution < -0.4 is 16.3 Å². The Hall–Kier alpha value is -1.62. The summed E-state index contributed by atoms with van der Waals surface area (Å²) in [6.07, 6.45) is 1.12. The third-order valence-corrected chi connectivity index (χ3v) is 4.51. The Morgan fingerprint density at radius 3 is 2.64 bits per heavy atom. The highest BCUT2D eigenvalue weighted by Crippen LogP contribution is 2.47. The molecule has 0 saturated carbocycles. The molecule has 2 atom stereocenters. The number of aryl methyl sites for hydroxylation is 1. The van der Waals surface area contributed by atoms with Crippen LogP contribution in [-0.2, 0) is 25.3 Å². The summed E-state index contributed by atoms with van der Waals surface area (Å²) >= 11 is 0. The molecular weight excluding hydrogens is 357 g/mol. The lowest BCUT2D eigenvalue weighted by Crippen LogP contribution is -2.36. The van der Waals surface area contributed by atoms with Crippen LogP contribution in [0.5, 0.6) is 0 Å². The molecule has 1 rings (SSSR count). The van der Waals surface area contributed by atoms with Gasteiger partial charge in [-0.3, -0.25) is 14.6 Å². The van der Waals surface area contributed by atoms with Crippen molar-refractivity contribution < 1.29 is 28.6 Å². The molecule has 142 valence electrons. The molecule has 0 saturated heterocycles. The smallest absolute Gasteiger partial charge is 0.468 e. The van der Waals surface area contributed by atoms with Gasteiger partial charge < -0.3 is 14.0 Å². The Morgan fingerprint density at radius 2 is 2.08 bits per heavy atom. The molecule has 1 aromatic heterocycles. The third-order valence-electron chi connectivity index (χ3n) is 3.28. The molecule has 4 N–H and O–H groups in total. The van der Waals surface area contributed by atoms with Crippen LogP contribution in [0.3, 0.4) is 0 Å². The molecule has 25 heavy (non-hydrogen) atoms. The van der Waals surface area contributed by atoms with Crippen molar-refractivity contribution in [1.29, 1.82) is 0 Å². The second kappa shape index (κ2) is 9.76. The summed E-state index contributed by atoms with van der Waals surface area (Å²) in [5, 5.41) is 2.25. The first-order valence-electron chi connectivity index (χ1n) is 7.35. The molecule has 0 aliphatic rings. The first kappa shape index (κ1) is 21.4. The van der Waals surface area contributed by atoms with Crippen LogP contribution in [0.2, 0.25) is 0 Å². The fourth-order valence-corrected chi connectivity index (χ4v) is 2.94. The van der Waals surface area contributed by atoms with Gasteiger partial charge in [-0.15, -0.1) is 5.09 Å². The van der Waals surface area contributed by atoms with Crippen molar-refractivity contribution in [1.82, 2.24) is 14.6 Å². The van der Waals surface area contributed by atoms with Gasteiger partial charge in [0.2, 0.25) is 0 Å². The van der Waals surface area contributed by atoms with Crippen LogP contribution in [0.15, 0.2) is 21.9 Å². The Balaban J connectivity index is 2.53. The molecule has 1 heterocycles. The van der Waals surface area contributed by atoms with E-state index < -0.39 is 37.5 Å². The topological polar surface area (TPSA) is 152 Å². The van der Waals surface area contributed by atoms with Gasteiger partial charge in [-0.25, -0.2) is 4.79 Å². The number of aromatic nitrogens is 2. The third kappa shape index (κ3) is 7.43. The van der Waals surface area contributed by atoms with Gasteiger partial charge in [0.05, 0.1) is 13.2 Å². The zero-order valence-corrected chi connectivity index (χ0v) is 15.1. The van der Waals surface area contributed by atoms with Crippen molar-refractivity contribution in [2.24, 2.45) is 0 Å². The van der Waals surface area contributed by atoms with Crippen molar-refractivity contribution in [3.05, 3.63) is 33.1 Å². The van der Waals surface area contributed by atoms with Gasteiger partial charge >= 0.3 is 19.8 Å². The predicted molar refractivity (Wildman–Crippen MR) is 88.7 cm³/mol. The summed E-state index contributed by atoms with van der Waals surface area (Å²) < 4.78 is 15.9. The summed E-state index contributed by atoms with van der Waals surface area (Å²) in [5.74, 6) is -0.670. The predicted octanol–water partition coefficient (Wildman–Crippen LogP) is -1.23. The Bertz CT molecular complexity index is 674. The molecule has 0 aliphatic heterocycles. The molecule has 12 heteroatoms. The van der Waals surface area contributed by atoms with Crippen LogP contribution in [-0.4, -0.2) is 58.3 Å². The van der Waals surface area contributed by atoms with Gasteiger partial charge in [-0.1, -0.05) is 0 Å². The minimum atomic E-state index is -3.99. The monoisotopic (exact) mass is 380 g/mol. The maximum Gasteiger partial charge on any atom is 0.497 e. The highest BCUT2D eigenvalue weighted by atomic mass is 31.2. The van der Waals surface area contributed by atoms with E-state index in [9.17, 15) is 24.2 Å². The van der Waals surface area contributed by atoms with Gasteiger partial charge in [-0.2, -0.15) is 14.3 Å². The normalized spacial score (nSPS) is 14.1. The van der Waals surface area contributed by atoms with Crippen molar-refractivity contribution in [3.8, 4) is 0 Å². The highest BCUT2D eigenvalue weighted by Gasteiger charge is 2.41. The maximum atomic E-state index is 11.6. The number of carbonyl (C=O) groups excluding carboxylic acids is 1. The van der Waals surface area contributed by atoms with Crippen molar-refractivity contribution in [2.45, 2.75) is 32.0 Å². The average Bonchev–Trinajstić information content (AvgIpc) is 2.55. The van der Waals surface area contributed by atoms with Gasteiger partial charge in [-0.05, 0) is 13.3 Å². The number of rotatable bonds is 10. The molecule has 0 spiro atoms. The second-order valence-electron chi connectivity index (χ2n) is 5.16. The van der Waals surface area contributed by atoms with E-state index in [1.54, 1.807) is 0 Å². The fraction of sp³-hybridized carbons (Fsp3) is 0.615. The number of nitrogens with zero attached hydrogens (tertiary/aromatic N) is 1. The summed E-state index contributed by atoms with van der Waals surface area (Å²) in [7, 11) is -1.41. The highest BCUT2D eigenvalue weighted by molar-refractivity contribution is 7.57. The van der Waals surface area contributed by atoms with Crippen molar-refractivity contribution in [3.63, 3.8) is 0 Å². The van der Waals surface area contributed by atoms with E-state index in [0.717, 1.165) is 0 Å². The molecule has 0 bridgehead atoms. The second-order valence-corrected chi connectivity index (χ2v) is 6.77. The van der Waals surface area contributed by atoms with E-state index in [1.807, 2.05) is 0 Å². The summed E-state index contributed by atoms with van der Waals surface area (Å²) in [6.45, 7) is 1.44.